The Morgan fingerprint density at radius 1 is 1.45 bits per heavy atom. The summed E-state index contributed by atoms with van der Waals surface area (Å²) < 4.78 is 5.16. The number of rotatable bonds is 5. The van der Waals surface area contributed by atoms with E-state index in [0.717, 1.165) is 19.5 Å². The van der Waals surface area contributed by atoms with E-state index in [1.807, 2.05) is 7.05 Å². The molecule has 20 heavy (non-hydrogen) atoms. The molecule has 6 heteroatoms. The average molecular weight is 278 g/mol. The van der Waals surface area contributed by atoms with Crippen molar-refractivity contribution in [1.82, 2.24) is 4.90 Å². The Morgan fingerprint density at radius 3 is 2.85 bits per heavy atom. The lowest BCUT2D eigenvalue weighted by Gasteiger charge is -2.14. The van der Waals surface area contributed by atoms with Crippen molar-refractivity contribution in [3.05, 3.63) is 24.3 Å². The molecule has 0 bridgehead atoms. The summed E-state index contributed by atoms with van der Waals surface area (Å²) in [5.74, 6) is -0.772. The van der Waals surface area contributed by atoms with Gasteiger partial charge >= 0.3 is 5.97 Å². The molecule has 2 rings (SSSR count). The number of hydrogen-bond acceptors (Lipinski definition) is 4. The molecule has 2 N–H and O–H groups in total. The molecule has 1 aromatic carbocycles. The number of ether oxygens (including phenoxy) is 1. The maximum absolute atomic E-state index is 12.1. The molecule has 0 spiro atoms. The van der Waals surface area contributed by atoms with Gasteiger partial charge in [0.25, 0.3) is 0 Å². The summed E-state index contributed by atoms with van der Waals surface area (Å²) in [5, 5.41) is 11.4. The predicted octanol–water partition coefficient (Wildman–Crippen LogP) is 1.04. The van der Waals surface area contributed by atoms with Crippen molar-refractivity contribution in [1.29, 1.82) is 0 Å². The van der Waals surface area contributed by atoms with E-state index < -0.39 is 12.6 Å². The van der Waals surface area contributed by atoms with Crippen LogP contribution in [-0.2, 0) is 9.59 Å². The topological polar surface area (TPSA) is 78.9 Å². The Labute approximate surface area is 117 Å². The lowest BCUT2D eigenvalue weighted by Crippen LogP contribution is -2.25. The molecule has 1 heterocycles. The van der Waals surface area contributed by atoms with Crippen LogP contribution in [0.2, 0.25) is 0 Å². The molecule has 0 radical (unpaired) electrons. The predicted molar refractivity (Wildman–Crippen MR) is 73.8 cm³/mol. The largest absolute Gasteiger partial charge is 0.480 e. The Morgan fingerprint density at radius 2 is 2.20 bits per heavy atom. The lowest BCUT2D eigenvalue weighted by atomic mass is 10.1. The first-order chi connectivity index (χ1) is 9.56. The second-order valence-corrected chi connectivity index (χ2v) is 4.92. The number of aliphatic carboxylic acids is 1. The normalized spacial score (nSPS) is 18.8. The summed E-state index contributed by atoms with van der Waals surface area (Å²) in [4.78, 5) is 24.8. The molecular formula is C14H18N2O4. The number of carbonyl (C=O) groups excluding carboxylic acids is 1. The van der Waals surface area contributed by atoms with Gasteiger partial charge in [-0.3, -0.25) is 4.79 Å². The Bertz CT molecular complexity index is 504. The van der Waals surface area contributed by atoms with Crippen LogP contribution in [0.1, 0.15) is 6.42 Å². The van der Waals surface area contributed by atoms with Gasteiger partial charge in [0.15, 0.2) is 6.61 Å². The average Bonchev–Trinajstić information content (AvgIpc) is 2.84. The van der Waals surface area contributed by atoms with Crippen LogP contribution in [0.3, 0.4) is 0 Å². The van der Waals surface area contributed by atoms with E-state index in [1.165, 1.54) is 0 Å². The lowest BCUT2D eigenvalue weighted by molar-refractivity contribution is -0.139. The molecule has 0 aromatic heterocycles. The van der Waals surface area contributed by atoms with Crippen LogP contribution in [-0.4, -0.2) is 48.6 Å². The third kappa shape index (κ3) is 3.71. The van der Waals surface area contributed by atoms with Crippen LogP contribution in [0.15, 0.2) is 24.3 Å². The molecule has 108 valence electrons. The molecule has 1 saturated heterocycles. The molecule has 1 fully saturated rings. The third-order valence-electron chi connectivity index (χ3n) is 3.26. The van der Waals surface area contributed by atoms with Crippen molar-refractivity contribution in [2.75, 3.05) is 32.1 Å². The highest BCUT2D eigenvalue weighted by atomic mass is 16.5. The summed E-state index contributed by atoms with van der Waals surface area (Å²) in [6.07, 6.45) is 0.834. The molecule has 1 aliphatic rings. The van der Waals surface area contributed by atoms with Crippen LogP contribution >= 0.6 is 0 Å². The molecule has 1 aromatic rings. The Hall–Kier alpha value is -2.08. The van der Waals surface area contributed by atoms with Crippen molar-refractivity contribution in [2.24, 2.45) is 5.92 Å². The molecule has 1 amide bonds. The van der Waals surface area contributed by atoms with Crippen LogP contribution in [0, 0.1) is 5.92 Å². The van der Waals surface area contributed by atoms with E-state index in [4.69, 9.17) is 9.84 Å². The van der Waals surface area contributed by atoms with Gasteiger partial charge in [0.2, 0.25) is 5.91 Å². The van der Waals surface area contributed by atoms with Crippen molar-refractivity contribution in [3.8, 4) is 5.75 Å². The number of hydrogen-bond donors (Lipinski definition) is 2. The maximum atomic E-state index is 12.1. The number of carboxylic acids is 1. The van der Waals surface area contributed by atoms with Gasteiger partial charge in [0.1, 0.15) is 5.75 Å². The summed E-state index contributed by atoms with van der Waals surface area (Å²) >= 11 is 0. The van der Waals surface area contributed by atoms with Gasteiger partial charge in [-0.15, -0.1) is 0 Å². The molecule has 0 saturated carbocycles. The first kappa shape index (κ1) is 14.3. The first-order valence-corrected chi connectivity index (χ1v) is 6.49. The highest BCUT2D eigenvalue weighted by molar-refractivity contribution is 5.94. The number of para-hydroxylation sites is 2. The summed E-state index contributed by atoms with van der Waals surface area (Å²) in [6, 6.07) is 6.84. The summed E-state index contributed by atoms with van der Waals surface area (Å²) in [6.45, 7) is 1.22. The van der Waals surface area contributed by atoms with Gasteiger partial charge < -0.3 is 20.1 Å². The molecule has 1 atom stereocenters. The Balaban J connectivity index is 2.01. The number of carboxylic acid groups (broad SMARTS) is 1. The zero-order valence-electron chi connectivity index (χ0n) is 11.3. The number of nitrogens with zero attached hydrogens (tertiary/aromatic N) is 1. The number of benzene rings is 1. The van der Waals surface area contributed by atoms with Crippen molar-refractivity contribution in [2.45, 2.75) is 6.42 Å². The fourth-order valence-corrected chi connectivity index (χ4v) is 2.22. The molecule has 1 unspecified atom stereocenters. The van der Waals surface area contributed by atoms with Crippen molar-refractivity contribution < 1.29 is 19.4 Å². The van der Waals surface area contributed by atoms with Crippen LogP contribution in [0.5, 0.6) is 5.75 Å². The molecule has 1 aliphatic heterocycles. The monoisotopic (exact) mass is 278 g/mol. The molecule has 0 aliphatic carbocycles. The third-order valence-corrected chi connectivity index (χ3v) is 3.26. The quantitative estimate of drug-likeness (QED) is 0.841. The van der Waals surface area contributed by atoms with E-state index in [1.54, 1.807) is 24.3 Å². The molecule has 6 nitrogen and oxygen atoms in total. The standard InChI is InChI=1S/C14H18N2O4/c1-16-7-6-10(8-16)14(19)15-11-4-2-3-5-12(11)20-9-13(17)18/h2-5,10H,6-9H2,1H3,(H,15,19)(H,17,18). The van der Waals surface area contributed by atoms with Crippen LogP contribution in [0.25, 0.3) is 0 Å². The highest BCUT2D eigenvalue weighted by Crippen LogP contribution is 2.25. The zero-order chi connectivity index (χ0) is 14.5. The van der Waals surface area contributed by atoms with E-state index in [0.29, 0.717) is 11.4 Å². The number of amides is 1. The van der Waals surface area contributed by atoms with Gasteiger partial charge in [0.05, 0.1) is 11.6 Å². The number of carbonyl (C=O) groups is 2. The zero-order valence-corrected chi connectivity index (χ0v) is 11.3. The fourth-order valence-electron chi connectivity index (χ4n) is 2.22. The van der Waals surface area contributed by atoms with Crippen LogP contribution < -0.4 is 10.1 Å². The van der Waals surface area contributed by atoms with Gasteiger partial charge in [-0.25, -0.2) is 4.79 Å². The van der Waals surface area contributed by atoms with Crippen LogP contribution in [0.4, 0.5) is 5.69 Å². The van der Waals surface area contributed by atoms with Gasteiger partial charge in [-0.1, -0.05) is 12.1 Å². The van der Waals surface area contributed by atoms with E-state index in [2.05, 4.69) is 10.2 Å². The van der Waals surface area contributed by atoms with E-state index >= 15 is 0 Å². The fraction of sp³-hybridized carbons (Fsp3) is 0.429. The number of nitrogens with one attached hydrogen (secondary N) is 1. The second-order valence-electron chi connectivity index (χ2n) is 4.92. The van der Waals surface area contributed by atoms with Gasteiger partial charge in [-0.05, 0) is 32.1 Å². The number of likely N-dealkylation sites (tertiary alicyclic amines) is 1. The first-order valence-electron chi connectivity index (χ1n) is 6.49. The maximum Gasteiger partial charge on any atom is 0.341 e. The van der Waals surface area contributed by atoms with Crippen molar-refractivity contribution in [3.63, 3.8) is 0 Å². The van der Waals surface area contributed by atoms with Crippen molar-refractivity contribution >= 4 is 17.6 Å². The minimum Gasteiger partial charge on any atom is -0.480 e. The van der Waals surface area contributed by atoms with Gasteiger partial charge in [0, 0.05) is 6.54 Å². The highest BCUT2D eigenvalue weighted by Gasteiger charge is 2.26. The summed E-state index contributed by atoms with van der Waals surface area (Å²) in [7, 11) is 1.98. The second kappa shape index (κ2) is 6.38. The Kier molecular flexibility index (Phi) is 4.57. The SMILES string of the molecule is CN1CCC(C(=O)Nc2ccccc2OCC(=O)O)C1. The number of anilines is 1. The smallest absolute Gasteiger partial charge is 0.341 e. The summed E-state index contributed by atoms with van der Waals surface area (Å²) in [5.41, 5.74) is 0.508. The van der Waals surface area contributed by atoms with E-state index in [-0.39, 0.29) is 11.8 Å². The van der Waals surface area contributed by atoms with Gasteiger partial charge in [-0.2, -0.15) is 0 Å². The minimum atomic E-state index is -1.05. The van der Waals surface area contributed by atoms with E-state index in [9.17, 15) is 9.59 Å². The molecular weight excluding hydrogens is 260 g/mol. The minimum absolute atomic E-state index is 0.0347.